The summed E-state index contributed by atoms with van der Waals surface area (Å²) in [5.74, 6) is 0.448. The summed E-state index contributed by atoms with van der Waals surface area (Å²) in [6.45, 7) is 0. The van der Waals surface area contributed by atoms with Gasteiger partial charge in [-0.3, -0.25) is 0 Å². The monoisotopic (exact) mass is 400 g/mol. The Kier molecular flexibility index (Phi) is 4.57. The Labute approximate surface area is 160 Å². The molecule has 0 saturated heterocycles. The quantitative estimate of drug-likeness (QED) is 0.517. The first-order chi connectivity index (χ1) is 12.9. The van der Waals surface area contributed by atoms with Crippen molar-refractivity contribution >= 4 is 53.7 Å². The minimum absolute atomic E-state index is 0.105. The van der Waals surface area contributed by atoms with Gasteiger partial charge in [-0.1, -0.05) is 18.2 Å². The first-order valence-electron chi connectivity index (χ1n) is 8.39. The molecule has 2 aromatic heterocycles. The predicted molar refractivity (Wildman–Crippen MR) is 110 cm³/mol. The highest BCUT2D eigenvalue weighted by molar-refractivity contribution is 7.90. The Bertz CT molecular complexity index is 1250. The fourth-order valence-corrected chi connectivity index (χ4v) is 4.54. The van der Waals surface area contributed by atoms with Crippen LogP contribution >= 0.6 is 11.3 Å². The Morgan fingerprint density at radius 1 is 1.11 bits per heavy atom. The molecule has 4 nitrogen and oxygen atoms in total. The van der Waals surface area contributed by atoms with Crippen molar-refractivity contribution in [2.24, 2.45) is 0 Å². The van der Waals surface area contributed by atoms with Gasteiger partial charge in [0.25, 0.3) is 0 Å². The largest absolute Gasteiger partial charge is 0.340 e. The molecule has 1 N–H and O–H groups in total. The maximum Gasteiger partial charge on any atom is 0.147 e. The third-order valence-corrected chi connectivity index (χ3v) is 6.20. The van der Waals surface area contributed by atoms with E-state index in [-0.39, 0.29) is 11.6 Å². The highest BCUT2D eigenvalue weighted by Crippen LogP contribution is 2.35. The number of benzene rings is 2. The van der Waals surface area contributed by atoms with E-state index in [0.29, 0.717) is 17.9 Å². The number of aryl methyl sites for hydroxylation is 1. The number of halogens is 1. The highest BCUT2D eigenvalue weighted by atomic mass is 32.2. The number of thiophene rings is 1. The number of sulfone groups is 1. The zero-order valence-corrected chi connectivity index (χ0v) is 16.2. The third-order valence-electron chi connectivity index (χ3n) is 4.31. The summed E-state index contributed by atoms with van der Waals surface area (Å²) in [5.41, 5.74) is 2.34. The Balaban J connectivity index is 1.79. The normalized spacial score (nSPS) is 11.9. The molecule has 0 aliphatic rings. The standard InChI is InChI=1S/C20H17FN2O2S2/c1-27(24,25)10-8-13-5-6-16-18(11-13)23-20(17-7-9-26-19(16)17)22-15-4-2-3-14(21)12-15/h2-7,9,11-12H,8,10H2,1H3,(H,22,23). The van der Waals surface area contributed by atoms with Crippen LogP contribution in [0.5, 0.6) is 0 Å². The van der Waals surface area contributed by atoms with Crippen molar-refractivity contribution in [2.45, 2.75) is 6.42 Å². The smallest absolute Gasteiger partial charge is 0.147 e. The second-order valence-electron chi connectivity index (χ2n) is 6.49. The van der Waals surface area contributed by atoms with E-state index in [0.717, 1.165) is 26.6 Å². The number of rotatable bonds is 5. The molecule has 0 spiro atoms. The Morgan fingerprint density at radius 2 is 1.96 bits per heavy atom. The van der Waals surface area contributed by atoms with Crippen LogP contribution < -0.4 is 5.32 Å². The average molecular weight is 401 g/mol. The number of fused-ring (bicyclic) bond motifs is 3. The highest BCUT2D eigenvalue weighted by Gasteiger charge is 2.12. The number of nitrogens with one attached hydrogen (secondary N) is 1. The molecule has 0 unspecified atom stereocenters. The molecule has 4 rings (SSSR count). The lowest BCUT2D eigenvalue weighted by Crippen LogP contribution is -2.05. The molecule has 0 saturated carbocycles. The molecule has 0 aliphatic carbocycles. The molecule has 27 heavy (non-hydrogen) atoms. The number of pyridine rings is 1. The van der Waals surface area contributed by atoms with Gasteiger partial charge >= 0.3 is 0 Å². The van der Waals surface area contributed by atoms with Crippen molar-refractivity contribution in [1.29, 1.82) is 0 Å². The van der Waals surface area contributed by atoms with Gasteiger partial charge < -0.3 is 5.32 Å². The van der Waals surface area contributed by atoms with Crippen LogP contribution in [0.25, 0.3) is 21.0 Å². The van der Waals surface area contributed by atoms with E-state index >= 15 is 0 Å². The summed E-state index contributed by atoms with van der Waals surface area (Å²) in [7, 11) is -3.02. The van der Waals surface area contributed by atoms with Gasteiger partial charge in [-0.25, -0.2) is 17.8 Å². The zero-order chi connectivity index (χ0) is 19.0. The molecule has 0 radical (unpaired) electrons. The van der Waals surface area contributed by atoms with Gasteiger partial charge in [0, 0.05) is 27.4 Å². The number of anilines is 2. The molecule has 0 aliphatic heterocycles. The van der Waals surface area contributed by atoms with Crippen molar-refractivity contribution in [2.75, 3.05) is 17.3 Å². The van der Waals surface area contributed by atoms with E-state index in [1.54, 1.807) is 23.5 Å². The lowest BCUT2D eigenvalue weighted by molar-refractivity contribution is 0.601. The summed E-state index contributed by atoms with van der Waals surface area (Å²) < 4.78 is 37.5. The molecule has 2 heterocycles. The van der Waals surface area contributed by atoms with Crippen LogP contribution in [0.4, 0.5) is 15.9 Å². The van der Waals surface area contributed by atoms with Gasteiger partial charge in [0.1, 0.15) is 21.5 Å². The molecule has 138 valence electrons. The summed E-state index contributed by atoms with van der Waals surface area (Å²) in [6, 6.07) is 14.1. The molecule has 0 fully saturated rings. The summed E-state index contributed by atoms with van der Waals surface area (Å²) in [6.07, 6.45) is 1.69. The van der Waals surface area contributed by atoms with Crippen molar-refractivity contribution in [3.8, 4) is 0 Å². The van der Waals surface area contributed by atoms with E-state index in [9.17, 15) is 12.8 Å². The maximum absolute atomic E-state index is 13.5. The van der Waals surface area contributed by atoms with Crippen LogP contribution in [0.3, 0.4) is 0 Å². The number of aromatic nitrogens is 1. The summed E-state index contributed by atoms with van der Waals surface area (Å²) >= 11 is 1.62. The molecule has 4 aromatic rings. The molecular weight excluding hydrogens is 383 g/mol. The first kappa shape index (κ1) is 17.9. The maximum atomic E-state index is 13.5. The van der Waals surface area contributed by atoms with Crippen LogP contribution in [-0.2, 0) is 16.3 Å². The van der Waals surface area contributed by atoms with Crippen molar-refractivity contribution < 1.29 is 12.8 Å². The number of hydrogen-bond donors (Lipinski definition) is 1. The van der Waals surface area contributed by atoms with E-state index in [1.165, 1.54) is 18.4 Å². The summed E-state index contributed by atoms with van der Waals surface area (Å²) in [5, 5.41) is 7.20. The minimum atomic E-state index is -3.02. The zero-order valence-electron chi connectivity index (χ0n) is 14.6. The molecule has 7 heteroatoms. The fourth-order valence-electron chi connectivity index (χ4n) is 3.00. The average Bonchev–Trinajstić information content (AvgIpc) is 3.09. The third kappa shape index (κ3) is 3.94. The van der Waals surface area contributed by atoms with Crippen molar-refractivity contribution in [3.63, 3.8) is 0 Å². The number of nitrogens with zero attached hydrogens (tertiary/aromatic N) is 1. The topological polar surface area (TPSA) is 59.1 Å². The van der Waals surface area contributed by atoms with E-state index in [1.807, 2.05) is 29.6 Å². The van der Waals surface area contributed by atoms with Crippen LogP contribution in [-0.4, -0.2) is 25.4 Å². The minimum Gasteiger partial charge on any atom is -0.340 e. The second kappa shape index (κ2) is 6.90. The van der Waals surface area contributed by atoms with Crippen molar-refractivity contribution in [3.05, 3.63) is 65.3 Å². The predicted octanol–water partition coefficient (Wildman–Crippen LogP) is 4.92. The number of hydrogen-bond acceptors (Lipinski definition) is 5. The van der Waals surface area contributed by atoms with Crippen LogP contribution in [0.2, 0.25) is 0 Å². The molecule has 0 amide bonds. The van der Waals surface area contributed by atoms with Gasteiger partial charge in [-0.05, 0) is 47.7 Å². The van der Waals surface area contributed by atoms with Gasteiger partial charge in [-0.15, -0.1) is 11.3 Å². The Morgan fingerprint density at radius 3 is 2.74 bits per heavy atom. The van der Waals surface area contributed by atoms with Gasteiger partial charge in [-0.2, -0.15) is 0 Å². The van der Waals surface area contributed by atoms with Gasteiger partial charge in [0.2, 0.25) is 0 Å². The van der Waals surface area contributed by atoms with Gasteiger partial charge in [0.05, 0.1) is 11.3 Å². The molecular formula is C20H17FN2O2S2. The lowest BCUT2D eigenvalue weighted by Gasteiger charge is -2.10. The van der Waals surface area contributed by atoms with Crippen LogP contribution in [0, 0.1) is 5.82 Å². The summed E-state index contributed by atoms with van der Waals surface area (Å²) in [4.78, 5) is 4.73. The van der Waals surface area contributed by atoms with E-state index in [2.05, 4.69) is 5.32 Å². The SMILES string of the molecule is CS(=O)(=O)CCc1ccc2c(c1)nc(Nc1cccc(F)c1)c1ccsc12. The second-order valence-corrected chi connectivity index (χ2v) is 9.67. The fraction of sp³-hybridized carbons (Fsp3) is 0.150. The van der Waals surface area contributed by atoms with E-state index < -0.39 is 9.84 Å². The Hall–Kier alpha value is -2.51. The molecule has 0 bridgehead atoms. The van der Waals surface area contributed by atoms with Gasteiger partial charge in [0.15, 0.2) is 0 Å². The molecule has 2 aromatic carbocycles. The van der Waals surface area contributed by atoms with Crippen LogP contribution in [0.1, 0.15) is 5.56 Å². The lowest BCUT2D eigenvalue weighted by atomic mass is 10.1. The van der Waals surface area contributed by atoms with Crippen molar-refractivity contribution in [1.82, 2.24) is 4.98 Å². The van der Waals surface area contributed by atoms with E-state index in [4.69, 9.17) is 4.98 Å². The molecule has 0 atom stereocenters. The first-order valence-corrected chi connectivity index (χ1v) is 11.3. The van der Waals surface area contributed by atoms with Crippen LogP contribution in [0.15, 0.2) is 53.9 Å².